The lowest BCUT2D eigenvalue weighted by Gasteiger charge is -2.39. The van der Waals surface area contributed by atoms with E-state index in [-0.39, 0.29) is 0 Å². The lowest BCUT2D eigenvalue weighted by molar-refractivity contribution is 0.104. The van der Waals surface area contributed by atoms with Crippen LogP contribution in [0, 0.1) is 52.3 Å². The van der Waals surface area contributed by atoms with E-state index < -0.39 is 0 Å². The van der Waals surface area contributed by atoms with Crippen molar-refractivity contribution in [2.24, 2.45) is 52.3 Å². The second kappa shape index (κ2) is 13.3. The number of unbranched alkanes of at least 4 members (excludes halogenated alkanes) is 3. The molecule has 2 aliphatic carbocycles. The summed E-state index contributed by atoms with van der Waals surface area (Å²) < 4.78 is 0. The maximum atomic E-state index is 2.67. The Balaban J connectivity index is 2.14. The van der Waals surface area contributed by atoms with Crippen LogP contribution in [0.3, 0.4) is 0 Å². The lowest BCUT2D eigenvalue weighted by Crippen LogP contribution is -2.31. The van der Waals surface area contributed by atoms with Gasteiger partial charge >= 0.3 is 0 Å². The molecule has 0 aromatic heterocycles. The summed E-state index contributed by atoms with van der Waals surface area (Å²) in [5, 5.41) is 0. The molecule has 0 amide bonds. The highest BCUT2D eigenvalue weighted by Crippen LogP contribution is 2.62. The van der Waals surface area contributed by atoms with Crippen molar-refractivity contribution in [1.29, 1.82) is 0 Å². The molecule has 2 saturated carbocycles. The van der Waals surface area contributed by atoms with Crippen molar-refractivity contribution in [1.82, 2.24) is 0 Å². The van der Waals surface area contributed by atoms with E-state index in [9.17, 15) is 0 Å². The molecule has 33 heavy (non-hydrogen) atoms. The van der Waals surface area contributed by atoms with E-state index >= 15 is 0 Å². The summed E-state index contributed by atoms with van der Waals surface area (Å²) in [5.41, 5.74) is 1.12. The monoisotopic (exact) mass is 461 g/mol. The van der Waals surface area contributed by atoms with Crippen LogP contribution in [0.4, 0.5) is 0 Å². The Hall–Kier alpha value is 0. The number of hydrogen-bond donors (Lipinski definition) is 0. The van der Waals surface area contributed by atoms with Gasteiger partial charge in [-0.05, 0) is 97.2 Å². The molecule has 0 N–H and O–H groups in total. The van der Waals surface area contributed by atoms with E-state index in [0.717, 1.165) is 41.4 Å². The first-order valence-electron chi connectivity index (χ1n) is 15.6. The molecule has 8 atom stereocenters. The molecule has 2 aliphatic rings. The third-order valence-corrected chi connectivity index (χ3v) is 10.9. The van der Waals surface area contributed by atoms with E-state index in [1.54, 1.807) is 6.42 Å². The molecule has 2 fully saturated rings. The van der Waals surface area contributed by atoms with Crippen molar-refractivity contribution in [3.8, 4) is 0 Å². The number of hydrogen-bond acceptors (Lipinski definition) is 0. The van der Waals surface area contributed by atoms with Crippen LogP contribution in [0.5, 0.6) is 0 Å². The van der Waals surface area contributed by atoms with Gasteiger partial charge in [-0.1, -0.05) is 114 Å². The highest BCUT2D eigenvalue weighted by atomic mass is 14.6. The molecule has 0 aromatic carbocycles. The van der Waals surface area contributed by atoms with Crippen molar-refractivity contribution >= 4 is 0 Å². The van der Waals surface area contributed by atoms with E-state index in [4.69, 9.17) is 0 Å². The van der Waals surface area contributed by atoms with Gasteiger partial charge < -0.3 is 0 Å². The predicted molar refractivity (Wildman–Crippen MR) is 150 cm³/mol. The molecule has 0 spiro atoms. The van der Waals surface area contributed by atoms with Gasteiger partial charge in [-0.2, -0.15) is 0 Å². The van der Waals surface area contributed by atoms with Crippen molar-refractivity contribution in [2.45, 2.75) is 159 Å². The van der Waals surface area contributed by atoms with Crippen molar-refractivity contribution < 1.29 is 0 Å². The maximum absolute atomic E-state index is 2.67. The first-order valence-corrected chi connectivity index (χ1v) is 15.6. The van der Waals surface area contributed by atoms with E-state index in [1.807, 2.05) is 0 Å². The zero-order valence-corrected chi connectivity index (χ0v) is 24.6. The quantitative estimate of drug-likeness (QED) is 0.213. The highest BCUT2D eigenvalue weighted by Gasteiger charge is 2.54. The third kappa shape index (κ3) is 8.27. The highest BCUT2D eigenvalue weighted by molar-refractivity contribution is 5.03. The molecule has 8 unspecified atom stereocenters. The summed E-state index contributed by atoms with van der Waals surface area (Å²) in [6.45, 7) is 22.5. The van der Waals surface area contributed by atoms with Crippen LogP contribution in [0.15, 0.2) is 0 Å². The topological polar surface area (TPSA) is 0 Å². The summed E-state index contributed by atoms with van der Waals surface area (Å²) >= 11 is 0. The fourth-order valence-electron chi connectivity index (χ4n) is 8.33. The second-order valence-electron chi connectivity index (χ2n) is 14.0. The molecule has 0 bridgehead atoms. The first-order chi connectivity index (χ1) is 15.6. The van der Waals surface area contributed by atoms with Gasteiger partial charge in [0.25, 0.3) is 0 Å². The zero-order valence-electron chi connectivity index (χ0n) is 24.6. The zero-order chi connectivity index (χ0) is 24.6. The van der Waals surface area contributed by atoms with E-state index in [1.165, 1.54) is 89.9 Å². The van der Waals surface area contributed by atoms with Crippen LogP contribution in [0.1, 0.15) is 159 Å². The Bertz CT molecular complexity index is 532. The molecule has 2 rings (SSSR count). The molecule has 196 valence electrons. The van der Waals surface area contributed by atoms with Crippen molar-refractivity contribution in [2.75, 3.05) is 0 Å². The minimum Gasteiger partial charge on any atom is -0.0654 e. The van der Waals surface area contributed by atoms with Gasteiger partial charge in [0.2, 0.25) is 0 Å². The van der Waals surface area contributed by atoms with Crippen LogP contribution in [-0.2, 0) is 0 Å². The normalized spacial score (nSPS) is 34.3. The second-order valence-corrected chi connectivity index (χ2v) is 14.0. The van der Waals surface area contributed by atoms with Gasteiger partial charge in [-0.15, -0.1) is 0 Å². The minimum atomic E-state index is 0.522. The first kappa shape index (κ1) is 29.2. The van der Waals surface area contributed by atoms with E-state index in [2.05, 4.69) is 62.3 Å². The molecule has 0 nitrogen and oxygen atoms in total. The SMILES string of the molecule is CCCCCCC(C)(CCC)CC1C2CC(C)C(CC)C(CC)C(CCC(C)(C)CC)CC21. The summed E-state index contributed by atoms with van der Waals surface area (Å²) in [7, 11) is 0. The Labute approximate surface area is 210 Å². The van der Waals surface area contributed by atoms with Crippen LogP contribution >= 0.6 is 0 Å². The van der Waals surface area contributed by atoms with Gasteiger partial charge in [0.05, 0.1) is 0 Å². The van der Waals surface area contributed by atoms with Gasteiger partial charge in [0.1, 0.15) is 0 Å². The summed E-state index contributed by atoms with van der Waals surface area (Å²) in [6.07, 6.45) is 21.7. The largest absolute Gasteiger partial charge is 0.0654 e. The van der Waals surface area contributed by atoms with Crippen LogP contribution < -0.4 is 0 Å². The van der Waals surface area contributed by atoms with Gasteiger partial charge in [0, 0.05) is 0 Å². The fourth-order valence-corrected chi connectivity index (χ4v) is 8.33. The average molecular weight is 461 g/mol. The molecule has 0 heteroatoms. The average Bonchev–Trinajstić information content (AvgIpc) is 3.39. The van der Waals surface area contributed by atoms with Gasteiger partial charge in [-0.25, -0.2) is 0 Å². The Kier molecular flexibility index (Phi) is 11.8. The van der Waals surface area contributed by atoms with Crippen LogP contribution in [-0.4, -0.2) is 0 Å². The molecular weight excluding hydrogens is 396 g/mol. The van der Waals surface area contributed by atoms with Crippen LogP contribution in [0.25, 0.3) is 0 Å². The predicted octanol–water partition coefficient (Wildman–Crippen LogP) is 11.3. The molecule has 0 heterocycles. The van der Waals surface area contributed by atoms with Crippen molar-refractivity contribution in [3.05, 3.63) is 0 Å². The molecule has 0 saturated heterocycles. The summed E-state index contributed by atoms with van der Waals surface area (Å²) in [5.74, 6) is 7.00. The maximum Gasteiger partial charge on any atom is -0.0323 e. The third-order valence-electron chi connectivity index (χ3n) is 10.9. The van der Waals surface area contributed by atoms with Crippen LogP contribution in [0.2, 0.25) is 0 Å². The van der Waals surface area contributed by atoms with Gasteiger partial charge in [-0.3, -0.25) is 0 Å². The Morgan fingerprint density at radius 3 is 1.91 bits per heavy atom. The fraction of sp³-hybridized carbons (Fsp3) is 1.00. The molecule has 0 radical (unpaired) electrons. The minimum absolute atomic E-state index is 0.522. The standard InChI is InChI=1S/C33H64/c1-10-15-16-17-20-33(9,19-11-2)24-31-29-22-25(6)27(12-3)28(13-4)26(23-30(29)31)18-21-32(7,8)14-5/h25-31H,10-24H2,1-9H3. The van der Waals surface area contributed by atoms with E-state index in [0.29, 0.717) is 10.8 Å². The van der Waals surface area contributed by atoms with Crippen molar-refractivity contribution in [3.63, 3.8) is 0 Å². The molecular formula is C33H64. The number of fused-ring (bicyclic) bond motifs is 1. The van der Waals surface area contributed by atoms with Gasteiger partial charge in [0.15, 0.2) is 0 Å². The summed E-state index contributed by atoms with van der Waals surface area (Å²) in [4.78, 5) is 0. The lowest BCUT2D eigenvalue weighted by atomic mass is 9.66. The summed E-state index contributed by atoms with van der Waals surface area (Å²) in [6, 6.07) is 0. The Morgan fingerprint density at radius 2 is 1.33 bits per heavy atom. The smallest absolute Gasteiger partial charge is 0.0323 e. The molecule has 0 aromatic rings. The number of rotatable bonds is 15. The Morgan fingerprint density at radius 1 is 0.667 bits per heavy atom. The molecule has 0 aliphatic heterocycles.